The number of amides is 1. The summed E-state index contributed by atoms with van der Waals surface area (Å²) in [6.45, 7) is 7.45. The van der Waals surface area contributed by atoms with Gasteiger partial charge in [0.2, 0.25) is 11.8 Å². The molecule has 0 aromatic carbocycles. The predicted molar refractivity (Wildman–Crippen MR) is 58.9 cm³/mol. The molecular weight excluding hydrogens is 208 g/mol. The van der Waals surface area contributed by atoms with Gasteiger partial charge >= 0.3 is 0 Å². The van der Waals surface area contributed by atoms with Gasteiger partial charge in [0, 0.05) is 0 Å². The lowest BCUT2D eigenvalue weighted by atomic mass is 10.3. The van der Waals surface area contributed by atoms with E-state index in [0.717, 1.165) is 5.76 Å². The van der Waals surface area contributed by atoms with Gasteiger partial charge < -0.3 is 14.5 Å². The van der Waals surface area contributed by atoms with E-state index in [0.29, 0.717) is 5.89 Å². The van der Waals surface area contributed by atoms with Crippen LogP contribution in [0.3, 0.4) is 0 Å². The first-order valence-electron chi connectivity index (χ1n) is 5.32. The molecule has 1 aromatic heterocycles. The van der Waals surface area contributed by atoms with Crippen LogP contribution in [0.25, 0.3) is 0 Å². The summed E-state index contributed by atoms with van der Waals surface area (Å²) in [6.07, 6.45) is 1.67. The van der Waals surface area contributed by atoms with Gasteiger partial charge in [-0.2, -0.15) is 0 Å². The Bertz CT molecular complexity index is 347. The third-order valence-electron chi connectivity index (χ3n) is 1.93. The fourth-order valence-corrected chi connectivity index (χ4v) is 1.16. The molecule has 5 nitrogen and oxygen atoms in total. The lowest BCUT2D eigenvalue weighted by Gasteiger charge is -2.11. The number of hydrogen-bond acceptors (Lipinski definition) is 4. The van der Waals surface area contributed by atoms with E-state index in [1.54, 1.807) is 6.20 Å². The van der Waals surface area contributed by atoms with Crippen LogP contribution in [0, 0.1) is 6.92 Å². The van der Waals surface area contributed by atoms with Crippen molar-refractivity contribution in [2.75, 3.05) is 6.61 Å². The summed E-state index contributed by atoms with van der Waals surface area (Å²) in [7, 11) is 0. The van der Waals surface area contributed by atoms with Crippen molar-refractivity contribution >= 4 is 5.91 Å². The summed E-state index contributed by atoms with van der Waals surface area (Å²) in [5.74, 6) is 1.07. The van der Waals surface area contributed by atoms with Crippen molar-refractivity contribution in [3.8, 4) is 0 Å². The quantitative estimate of drug-likeness (QED) is 0.828. The molecule has 0 bridgehead atoms. The summed E-state index contributed by atoms with van der Waals surface area (Å²) >= 11 is 0. The molecule has 1 heterocycles. The monoisotopic (exact) mass is 226 g/mol. The molecule has 1 rings (SSSR count). The van der Waals surface area contributed by atoms with Gasteiger partial charge in [-0.3, -0.25) is 4.79 Å². The zero-order valence-corrected chi connectivity index (χ0v) is 10.1. The molecule has 0 aliphatic carbocycles. The van der Waals surface area contributed by atoms with E-state index in [2.05, 4.69) is 10.3 Å². The number of oxazole rings is 1. The van der Waals surface area contributed by atoms with Crippen molar-refractivity contribution in [1.82, 2.24) is 10.3 Å². The fourth-order valence-electron chi connectivity index (χ4n) is 1.16. The van der Waals surface area contributed by atoms with Gasteiger partial charge in [0.05, 0.1) is 12.3 Å². The number of rotatable bonds is 5. The number of carbonyl (C=O) groups is 1. The molecule has 0 aliphatic rings. The largest absolute Gasteiger partial charge is 0.444 e. The van der Waals surface area contributed by atoms with Gasteiger partial charge in [-0.05, 0) is 27.7 Å². The number of hydrogen-bond donors (Lipinski definition) is 1. The lowest BCUT2D eigenvalue weighted by molar-refractivity contribution is -0.127. The number of aryl methyl sites for hydroxylation is 1. The zero-order chi connectivity index (χ0) is 12.1. The maximum Gasteiger partial charge on any atom is 0.246 e. The summed E-state index contributed by atoms with van der Waals surface area (Å²) in [5, 5.41) is 2.74. The second-order valence-corrected chi connectivity index (χ2v) is 3.96. The van der Waals surface area contributed by atoms with E-state index < -0.39 is 0 Å². The van der Waals surface area contributed by atoms with E-state index in [4.69, 9.17) is 9.15 Å². The Kier molecular flexibility index (Phi) is 4.49. The number of nitrogens with zero attached hydrogens (tertiary/aromatic N) is 1. The van der Waals surface area contributed by atoms with Gasteiger partial charge in [-0.15, -0.1) is 0 Å². The van der Waals surface area contributed by atoms with Crippen molar-refractivity contribution in [3.05, 3.63) is 17.8 Å². The minimum absolute atomic E-state index is 0.0463. The maximum atomic E-state index is 11.4. The second-order valence-electron chi connectivity index (χ2n) is 3.96. The topological polar surface area (TPSA) is 64.4 Å². The minimum atomic E-state index is -0.239. The molecule has 0 radical (unpaired) electrons. The third kappa shape index (κ3) is 4.02. The molecule has 90 valence electrons. The number of carbonyl (C=O) groups excluding carboxylic acids is 1. The molecule has 1 unspecified atom stereocenters. The van der Waals surface area contributed by atoms with Crippen LogP contribution >= 0.6 is 0 Å². The molecule has 1 N–H and O–H groups in total. The van der Waals surface area contributed by atoms with Crippen LogP contribution < -0.4 is 5.32 Å². The summed E-state index contributed by atoms with van der Waals surface area (Å²) in [4.78, 5) is 15.5. The Labute approximate surface area is 95.2 Å². The Balaban J connectivity index is 2.39. The molecule has 0 spiro atoms. The van der Waals surface area contributed by atoms with Crippen molar-refractivity contribution in [1.29, 1.82) is 0 Å². The molecule has 1 aromatic rings. The van der Waals surface area contributed by atoms with E-state index in [1.807, 2.05) is 27.7 Å². The number of nitrogens with one attached hydrogen (secondary N) is 1. The highest BCUT2D eigenvalue weighted by Crippen LogP contribution is 2.11. The SMILES string of the molecule is Cc1cnc(C(C)NC(=O)COC(C)C)o1. The van der Waals surface area contributed by atoms with Crippen LogP contribution in [0.1, 0.15) is 38.5 Å². The first-order chi connectivity index (χ1) is 7.49. The summed E-state index contributed by atoms with van der Waals surface area (Å²) in [5.41, 5.74) is 0. The second kappa shape index (κ2) is 5.65. The van der Waals surface area contributed by atoms with Gasteiger partial charge in [0.15, 0.2) is 0 Å². The van der Waals surface area contributed by atoms with Crippen LogP contribution in [-0.2, 0) is 9.53 Å². The van der Waals surface area contributed by atoms with Crippen LogP contribution in [-0.4, -0.2) is 23.6 Å². The van der Waals surface area contributed by atoms with Crippen LogP contribution in [0.15, 0.2) is 10.6 Å². The van der Waals surface area contributed by atoms with Crippen LogP contribution in [0.2, 0.25) is 0 Å². The summed E-state index contributed by atoms with van der Waals surface area (Å²) < 4.78 is 10.5. The molecular formula is C11H18N2O3. The standard InChI is InChI=1S/C11H18N2O3/c1-7(2)15-6-10(14)13-9(4)11-12-5-8(3)16-11/h5,7,9H,6H2,1-4H3,(H,13,14). The number of ether oxygens (including phenoxy) is 1. The molecule has 1 amide bonds. The highest BCUT2D eigenvalue weighted by Gasteiger charge is 2.14. The van der Waals surface area contributed by atoms with E-state index >= 15 is 0 Å². The Morgan fingerprint density at radius 1 is 1.56 bits per heavy atom. The van der Waals surface area contributed by atoms with Crippen LogP contribution in [0.5, 0.6) is 0 Å². The highest BCUT2D eigenvalue weighted by atomic mass is 16.5. The van der Waals surface area contributed by atoms with Crippen molar-refractivity contribution in [3.63, 3.8) is 0 Å². The third-order valence-corrected chi connectivity index (χ3v) is 1.93. The Morgan fingerprint density at radius 3 is 2.75 bits per heavy atom. The van der Waals surface area contributed by atoms with Gasteiger partial charge in [0.25, 0.3) is 0 Å². The summed E-state index contributed by atoms with van der Waals surface area (Å²) in [6, 6.07) is -0.239. The van der Waals surface area contributed by atoms with Crippen LogP contribution in [0.4, 0.5) is 0 Å². The molecule has 1 atom stereocenters. The smallest absolute Gasteiger partial charge is 0.246 e. The van der Waals surface area contributed by atoms with Gasteiger partial charge in [-0.1, -0.05) is 0 Å². The molecule has 0 saturated heterocycles. The lowest BCUT2D eigenvalue weighted by Crippen LogP contribution is -2.31. The Morgan fingerprint density at radius 2 is 2.25 bits per heavy atom. The van der Waals surface area contributed by atoms with Crippen molar-refractivity contribution < 1.29 is 13.9 Å². The molecule has 0 saturated carbocycles. The Hall–Kier alpha value is -1.36. The van der Waals surface area contributed by atoms with Crippen molar-refractivity contribution in [2.24, 2.45) is 0 Å². The van der Waals surface area contributed by atoms with Gasteiger partial charge in [0.1, 0.15) is 18.4 Å². The average molecular weight is 226 g/mol. The van der Waals surface area contributed by atoms with E-state index in [-0.39, 0.29) is 24.7 Å². The normalized spacial score (nSPS) is 12.8. The minimum Gasteiger partial charge on any atom is -0.444 e. The highest BCUT2D eigenvalue weighted by molar-refractivity contribution is 5.77. The van der Waals surface area contributed by atoms with E-state index in [1.165, 1.54) is 0 Å². The molecule has 5 heteroatoms. The fraction of sp³-hybridized carbons (Fsp3) is 0.636. The molecule has 0 aliphatic heterocycles. The predicted octanol–water partition coefficient (Wildman–Crippen LogP) is 1.59. The average Bonchev–Trinajstić information content (AvgIpc) is 2.62. The number of aromatic nitrogens is 1. The first kappa shape index (κ1) is 12.7. The van der Waals surface area contributed by atoms with Crippen molar-refractivity contribution in [2.45, 2.75) is 39.8 Å². The first-order valence-corrected chi connectivity index (χ1v) is 5.32. The maximum absolute atomic E-state index is 11.4. The van der Waals surface area contributed by atoms with E-state index in [9.17, 15) is 4.79 Å². The molecule has 0 fully saturated rings. The molecule has 16 heavy (non-hydrogen) atoms. The van der Waals surface area contributed by atoms with Gasteiger partial charge in [-0.25, -0.2) is 4.98 Å². The zero-order valence-electron chi connectivity index (χ0n) is 10.1.